The summed E-state index contributed by atoms with van der Waals surface area (Å²) in [7, 11) is -4.23. The zero-order valence-corrected chi connectivity index (χ0v) is 27.1. The van der Waals surface area contributed by atoms with Crippen LogP contribution in [0.25, 0.3) is 0 Å². The van der Waals surface area contributed by atoms with Gasteiger partial charge >= 0.3 is 0 Å². The van der Waals surface area contributed by atoms with Gasteiger partial charge in [-0.15, -0.1) is 0 Å². The second-order valence-electron chi connectivity index (χ2n) is 10.8. The zero-order chi connectivity index (χ0) is 32.4. The molecule has 236 valence electrons. The van der Waals surface area contributed by atoms with Crippen LogP contribution in [0.3, 0.4) is 0 Å². The van der Waals surface area contributed by atoms with E-state index in [2.05, 4.69) is 5.32 Å². The lowest BCUT2D eigenvalue weighted by molar-refractivity contribution is -0.140. The SMILES string of the molecule is CCNC(=O)[C@H](Cc1ccccc1)N(Cc1ccccc1C)C(=O)CN(c1ccccc1OCC)S(=O)(=O)c1ccc(C)cc1. The molecule has 8 nitrogen and oxygen atoms in total. The normalized spacial score (nSPS) is 11.8. The molecule has 4 aromatic rings. The van der Waals surface area contributed by atoms with Crippen molar-refractivity contribution in [1.29, 1.82) is 0 Å². The van der Waals surface area contributed by atoms with E-state index >= 15 is 0 Å². The van der Waals surface area contributed by atoms with Crippen molar-refractivity contribution in [2.45, 2.75) is 51.6 Å². The van der Waals surface area contributed by atoms with Crippen LogP contribution in [0.5, 0.6) is 5.75 Å². The van der Waals surface area contributed by atoms with E-state index in [0.717, 1.165) is 26.6 Å². The minimum absolute atomic E-state index is 0.0437. The molecule has 0 radical (unpaired) electrons. The quantitative estimate of drug-likeness (QED) is 0.194. The van der Waals surface area contributed by atoms with Gasteiger partial charge in [0.05, 0.1) is 17.2 Å². The summed E-state index contributed by atoms with van der Waals surface area (Å²) in [6.07, 6.45) is 0.255. The molecule has 2 amide bonds. The lowest BCUT2D eigenvalue weighted by atomic mass is 10.0. The van der Waals surface area contributed by atoms with E-state index in [0.29, 0.717) is 18.9 Å². The Bertz CT molecular complexity index is 1690. The Morgan fingerprint density at radius 2 is 1.47 bits per heavy atom. The Balaban J connectivity index is 1.84. The van der Waals surface area contributed by atoms with Crippen LogP contribution in [0, 0.1) is 13.8 Å². The van der Waals surface area contributed by atoms with Gasteiger partial charge in [-0.3, -0.25) is 13.9 Å². The molecule has 4 rings (SSSR count). The summed E-state index contributed by atoms with van der Waals surface area (Å²) in [6.45, 7) is 7.72. The molecule has 0 aromatic heterocycles. The smallest absolute Gasteiger partial charge is 0.264 e. The molecule has 1 atom stereocenters. The van der Waals surface area contributed by atoms with Crippen LogP contribution in [-0.4, -0.2) is 50.9 Å². The predicted octanol–water partition coefficient (Wildman–Crippen LogP) is 5.67. The van der Waals surface area contributed by atoms with Gasteiger partial charge in [-0.05, 0) is 68.7 Å². The standard InChI is InChI=1S/C36H41N3O5S/c1-5-37-36(41)33(24-29-15-8-7-9-16-29)38(25-30-17-11-10-14-28(30)4)35(40)26-39(32-18-12-13-19-34(32)44-6-2)45(42,43)31-22-20-27(3)21-23-31/h7-23,33H,5-6,24-26H2,1-4H3,(H,37,41)/t33-/m0/s1. The van der Waals surface area contributed by atoms with Crippen LogP contribution in [0.15, 0.2) is 108 Å². The van der Waals surface area contributed by atoms with Crippen LogP contribution >= 0.6 is 0 Å². The van der Waals surface area contributed by atoms with Gasteiger partial charge in [-0.1, -0.05) is 84.4 Å². The lowest BCUT2D eigenvalue weighted by Crippen LogP contribution is -2.53. The monoisotopic (exact) mass is 627 g/mol. The van der Waals surface area contributed by atoms with E-state index in [-0.39, 0.29) is 29.5 Å². The highest BCUT2D eigenvalue weighted by molar-refractivity contribution is 7.92. The highest BCUT2D eigenvalue weighted by Crippen LogP contribution is 2.33. The first-order chi connectivity index (χ1) is 21.6. The molecule has 0 aliphatic rings. The van der Waals surface area contributed by atoms with Crippen molar-refractivity contribution in [2.75, 3.05) is 24.0 Å². The van der Waals surface area contributed by atoms with Crippen LogP contribution < -0.4 is 14.4 Å². The fraction of sp³-hybridized carbons (Fsp3) is 0.278. The second-order valence-corrected chi connectivity index (χ2v) is 12.6. The van der Waals surface area contributed by atoms with Gasteiger partial charge in [0.2, 0.25) is 11.8 Å². The molecule has 0 fully saturated rings. The first-order valence-electron chi connectivity index (χ1n) is 15.1. The number of sulfonamides is 1. The van der Waals surface area contributed by atoms with Gasteiger partial charge in [0.15, 0.2) is 0 Å². The number of likely N-dealkylation sites (N-methyl/N-ethyl adjacent to an activating group) is 1. The van der Waals surface area contributed by atoms with Crippen LogP contribution in [-0.2, 0) is 32.6 Å². The fourth-order valence-corrected chi connectivity index (χ4v) is 6.53. The van der Waals surface area contributed by atoms with E-state index in [1.165, 1.54) is 17.0 Å². The fourth-order valence-electron chi connectivity index (χ4n) is 5.11. The summed E-state index contributed by atoms with van der Waals surface area (Å²) in [5, 5.41) is 2.89. The Labute approximate surface area is 266 Å². The molecule has 4 aromatic carbocycles. The predicted molar refractivity (Wildman–Crippen MR) is 178 cm³/mol. The van der Waals surface area contributed by atoms with Crippen LogP contribution in [0.2, 0.25) is 0 Å². The minimum Gasteiger partial charge on any atom is -0.492 e. The average Bonchev–Trinajstić information content (AvgIpc) is 3.03. The molecule has 0 heterocycles. The molecule has 0 aliphatic heterocycles. The molecular weight excluding hydrogens is 586 g/mol. The Kier molecular flexibility index (Phi) is 11.4. The van der Waals surface area contributed by atoms with Gasteiger partial charge in [0.1, 0.15) is 18.3 Å². The van der Waals surface area contributed by atoms with E-state index in [1.807, 2.05) is 82.3 Å². The molecule has 45 heavy (non-hydrogen) atoms. The third-order valence-corrected chi connectivity index (χ3v) is 9.32. The number of nitrogens with zero attached hydrogens (tertiary/aromatic N) is 2. The largest absolute Gasteiger partial charge is 0.492 e. The lowest BCUT2D eigenvalue weighted by Gasteiger charge is -2.34. The van der Waals surface area contributed by atoms with Gasteiger partial charge in [0, 0.05) is 19.5 Å². The van der Waals surface area contributed by atoms with E-state index < -0.39 is 28.5 Å². The number of carbonyl (C=O) groups excluding carboxylic acids is 2. The zero-order valence-electron chi connectivity index (χ0n) is 26.3. The third kappa shape index (κ3) is 8.30. The number of ether oxygens (including phenoxy) is 1. The number of aryl methyl sites for hydroxylation is 2. The minimum atomic E-state index is -4.23. The summed E-state index contributed by atoms with van der Waals surface area (Å²) in [4.78, 5) is 29.8. The number of benzene rings is 4. The summed E-state index contributed by atoms with van der Waals surface area (Å²) < 4.78 is 35.5. The third-order valence-electron chi connectivity index (χ3n) is 7.55. The number of anilines is 1. The van der Waals surface area contributed by atoms with Gasteiger partial charge in [0.25, 0.3) is 10.0 Å². The number of hydrogen-bond acceptors (Lipinski definition) is 5. The maximum atomic E-state index is 14.6. The molecule has 0 aliphatic carbocycles. The van der Waals surface area contributed by atoms with E-state index in [1.54, 1.807) is 36.4 Å². The average molecular weight is 628 g/mol. The van der Waals surface area contributed by atoms with Gasteiger partial charge in [-0.25, -0.2) is 8.42 Å². The molecule has 0 unspecified atom stereocenters. The topological polar surface area (TPSA) is 96.0 Å². The first-order valence-corrected chi connectivity index (χ1v) is 16.6. The number of para-hydroxylation sites is 2. The maximum Gasteiger partial charge on any atom is 0.264 e. The van der Waals surface area contributed by atoms with Gasteiger partial charge in [-0.2, -0.15) is 0 Å². The van der Waals surface area contributed by atoms with Crippen molar-refractivity contribution >= 4 is 27.5 Å². The number of amides is 2. The van der Waals surface area contributed by atoms with Crippen molar-refractivity contribution in [3.05, 3.63) is 125 Å². The number of nitrogens with one attached hydrogen (secondary N) is 1. The maximum absolute atomic E-state index is 14.6. The Morgan fingerprint density at radius 1 is 0.822 bits per heavy atom. The number of carbonyl (C=O) groups is 2. The number of hydrogen-bond donors (Lipinski definition) is 1. The van der Waals surface area contributed by atoms with Crippen LogP contribution in [0.4, 0.5) is 5.69 Å². The van der Waals surface area contributed by atoms with Crippen molar-refractivity contribution in [1.82, 2.24) is 10.2 Å². The second kappa shape index (κ2) is 15.4. The highest BCUT2D eigenvalue weighted by atomic mass is 32.2. The van der Waals surface area contributed by atoms with Gasteiger partial charge < -0.3 is 15.0 Å². The molecule has 0 spiro atoms. The Hall–Kier alpha value is -4.63. The van der Waals surface area contributed by atoms with Crippen molar-refractivity contribution < 1.29 is 22.7 Å². The summed E-state index contributed by atoms with van der Waals surface area (Å²) in [5.41, 5.74) is 3.83. The molecule has 1 N–H and O–H groups in total. The van der Waals surface area contributed by atoms with Crippen LogP contribution in [0.1, 0.15) is 36.1 Å². The van der Waals surface area contributed by atoms with Crippen molar-refractivity contribution in [3.8, 4) is 5.75 Å². The summed E-state index contributed by atoms with van der Waals surface area (Å²) >= 11 is 0. The molecule has 0 saturated carbocycles. The number of rotatable bonds is 14. The Morgan fingerprint density at radius 3 is 2.13 bits per heavy atom. The first kappa shape index (κ1) is 33.3. The molecule has 0 bridgehead atoms. The molecular formula is C36H41N3O5S. The summed E-state index contributed by atoms with van der Waals surface area (Å²) in [5.74, 6) is -0.503. The van der Waals surface area contributed by atoms with Crippen molar-refractivity contribution in [3.63, 3.8) is 0 Å². The van der Waals surface area contributed by atoms with Crippen molar-refractivity contribution in [2.24, 2.45) is 0 Å². The van der Waals surface area contributed by atoms with E-state index in [4.69, 9.17) is 4.74 Å². The molecule has 9 heteroatoms. The highest BCUT2D eigenvalue weighted by Gasteiger charge is 2.35. The summed E-state index contributed by atoms with van der Waals surface area (Å²) in [6, 6.07) is 29.5. The van der Waals surface area contributed by atoms with E-state index in [9.17, 15) is 18.0 Å². The molecule has 0 saturated heterocycles.